The number of methoxy groups -OCH3 is 1. The molecule has 0 unspecified atom stereocenters. The van der Waals surface area contributed by atoms with E-state index in [1.165, 1.54) is 19.2 Å². The van der Waals surface area contributed by atoms with E-state index >= 15 is 0 Å². The summed E-state index contributed by atoms with van der Waals surface area (Å²) in [5.74, 6) is -1.52. The van der Waals surface area contributed by atoms with Crippen LogP contribution in [0.1, 0.15) is 5.56 Å². The first-order valence-corrected chi connectivity index (χ1v) is 8.32. The fourth-order valence-electron chi connectivity index (χ4n) is 2.65. The number of nitrogens with one attached hydrogen (secondary N) is 1. The van der Waals surface area contributed by atoms with E-state index in [9.17, 15) is 14.0 Å². The zero-order chi connectivity index (χ0) is 19.2. The number of fused-ring (bicyclic) bond motifs is 1. The Morgan fingerprint density at radius 3 is 2.52 bits per heavy atom. The SMILES string of the molecule is COc1ccc(CC(=O)OCC(=O)Nc2ccc3ccccc3c2)cc1F. The summed E-state index contributed by atoms with van der Waals surface area (Å²) in [4.78, 5) is 23.8. The van der Waals surface area contributed by atoms with E-state index < -0.39 is 24.3 Å². The van der Waals surface area contributed by atoms with E-state index in [1.807, 2.05) is 36.4 Å². The Labute approximate surface area is 155 Å². The van der Waals surface area contributed by atoms with Crippen molar-refractivity contribution in [2.24, 2.45) is 0 Å². The van der Waals surface area contributed by atoms with E-state index in [2.05, 4.69) is 5.32 Å². The highest BCUT2D eigenvalue weighted by Crippen LogP contribution is 2.19. The lowest BCUT2D eigenvalue weighted by molar-refractivity contribution is -0.146. The molecule has 1 amide bonds. The number of benzene rings is 3. The molecule has 3 rings (SSSR count). The van der Waals surface area contributed by atoms with Gasteiger partial charge in [-0.3, -0.25) is 9.59 Å². The van der Waals surface area contributed by atoms with Crippen molar-refractivity contribution in [1.82, 2.24) is 0 Å². The molecule has 6 heteroatoms. The molecule has 0 aromatic heterocycles. The van der Waals surface area contributed by atoms with Gasteiger partial charge in [0.1, 0.15) is 0 Å². The molecular weight excluding hydrogens is 349 g/mol. The molecule has 5 nitrogen and oxygen atoms in total. The maximum Gasteiger partial charge on any atom is 0.310 e. The molecule has 0 bridgehead atoms. The lowest BCUT2D eigenvalue weighted by Crippen LogP contribution is -2.21. The second-order valence-electron chi connectivity index (χ2n) is 5.92. The van der Waals surface area contributed by atoms with Crippen LogP contribution in [0.3, 0.4) is 0 Å². The Morgan fingerprint density at radius 1 is 1.00 bits per heavy atom. The average molecular weight is 367 g/mol. The van der Waals surface area contributed by atoms with Crippen LogP contribution in [0.5, 0.6) is 5.75 Å². The lowest BCUT2D eigenvalue weighted by Gasteiger charge is -2.08. The third-order valence-corrected chi connectivity index (χ3v) is 3.96. The Hall–Kier alpha value is -3.41. The second kappa shape index (κ2) is 8.31. The molecule has 3 aromatic rings. The van der Waals surface area contributed by atoms with Crippen LogP contribution in [-0.2, 0) is 20.7 Å². The van der Waals surface area contributed by atoms with Crippen molar-refractivity contribution in [3.05, 3.63) is 72.0 Å². The number of halogens is 1. The van der Waals surface area contributed by atoms with Crippen LogP contribution in [0.2, 0.25) is 0 Å². The van der Waals surface area contributed by atoms with Gasteiger partial charge in [-0.2, -0.15) is 0 Å². The summed E-state index contributed by atoms with van der Waals surface area (Å²) in [5.41, 5.74) is 1.06. The summed E-state index contributed by atoms with van der Waals surface area (Å²) in [7, 11) is 1.36. The van der Waals surface area contributed by atoms with Crippen molar-refractivity contribution in [1.29, 1.82) is 0 Å². The predicted octanol–water partition coefficient (Wildman–Crippen LogP) is 3.71. The molecular formula is C21H18FNO4. The van der Waals surface area contributed by atoms with Gasteiger partial charge in [0, 0.05) is 5.69 Å². The average Bonchev–Trinajstić information content (AvgIpc) is 2.66. The zero-order valence-corrected chi connectivity index (χ0v) is 14.7. The van der Waals surface area contributed by atoms with Gasteiger partial charge >= 0.3 is 5.97 Å². The second-order valence-corrected chi connectivity index (χ2v) is 5.92. The molecule has 0 aliphatic heterocycles. The molecule has 0 saturated carbocycles. The normalized spacial score (nSPS) is 10.4. The molecule has 3 aromatic carbocycles. The fourth-order valence-corrected chi connectivity index (χ4v) is 2.65. The molecule has 0 heterocycles. The standard InChI is InChI=1S/C21H18FNO4/c1-26-19-9-6-14(10-18(19)22)11-21(25)27-13-20(24)23-17-8-7-15-4-2-3-5-16(15)12-17/h2-10,12H,11,13H2,1H3,(H,23,24). The molecule has 138 valence electrons. The summed E-state index contributed by atoms with van der Waals surface area (Å²) < 4.78 is 23.4. The first-order valence-electron chi connectivity index (χ1n) is 8.32. The van der Waals surface area contributed by atoms with E-state index in [0.717, 1.165) is 10.8 Å². The van der Waals surface area contributed by atoms with Crippen molar-refractivity contribution in [3.8, 4) is 5.75 Å². The van der Waals surface area contributed by atoms with Crippen LogP contribution in [0.15, 0.2) is 60.7 Å². The molecule has 0 atom stereocenters. The molecule has 0 radical (unpaired) electrons. The molecule has 1 N–H and O–H groups in total. The number of amides is 1. The highest BCUT2D eigenvalue weighted by molar-refractivity contribution is 5.95. The highest BCUT2D eigenvalue weighted by Gasteiger charge is 2.11. The largest absolute Gasteiger partial charge is 0.494 e. The Morgan fingerprint density at radius 2 is 1.78 bits per heavy atom. The minimum absolute atomic E-state index is 0.0990. The number of anilines is 1. The van der Waals surface area contributed by atoms with Gasteiger partial charge in [0.25, 0.3) is 5.91 Å². The van der Waals surface area contributed by atoms with Crippen molar-refractivity contribution in [2.75, 3.05) is 19.0 Å². The smallest absolute Gasteiger partial charge is 0.310 e. The number of hydrogen-bond donors (Lipinski definition) is 1. The third kappa shape index (κ3) is 4.82. The van der Waals surface area contributed by atoms with Gasteiger partial charge in [0.2, 0.25) is 0 Å². The van der Waals surface area contributed by atoms with Gasteiger partial charge in [-0.05, 0) is 40.6 Å². The van der Waals surface area contributed by atoms with Crippen LogP contribution in [0, 0.1) is 5.82 Å². The molecule has 0 fully saturated rings. The van der Waals surface area contributed by atoms with Gasteiger partial charge in [-0.15, -0.1) is 0 Å². The number of carbonyl (C=O) groups is 2. The molecule has 0 aliphatic carbocycles. The van der Waals surface area contributed by atoms with Crippen molar-refractivity contribution < 1.29 is 23.5 Å². The number of hydrogen-bond acceptors (Lipinski definition) is 4. The monoisotopic (exact) mass is 367 g/mol. The van der Waals surface area contributed by atoms with Gasteiger partial charge in [-0.25, -0.2) is 4.39 Å². The minimum Gasteiger partial charge on any atom is -0.494 e. The van der Waals surface area contributed by atoms with Gasteiger partial charge in [0.05, 0.1) is 13.5 Å². The number of carbonyl (C=O) groups excluding carboxylic acids is 2. The van der Waals surface area contributed by atoms with E-state index in [1.54, 1.807) is 12.1 Å². The third-order valence-electron chi connectivity index (χ3n) is 3.96. The van der Waals surface area contributed by atoms with Crippen molar-refractivity contribution >= 4 is 28.3 Å². The van der Waals surface area contributed by atoms with E-state index in [-0.39, 0.29) is 12.2 Å². The summed E-state index contributed by atoms with van der Waals surface area (Å²) in [6.07, 6.45) is -0.135. The number of esters is 1. The molecule has 0 saturated heterocycles. The van der Waals surface area contributed by atoms with Crippen LogP contribution in [0.4, 0.5) is 10.1 Å². The molecule has 27 heavy (non-hydrogen) atoms. The van der Waals surface area contributed by atoms with E-state index in [4.69, 9.17) is 9.47 Å². The van der Waals surface area contributed by atoms with E-state index in [0.29, 0.717) is 11.3 Å². The summed E-state index contributed by atoms with van der Waals surface area (Å²) in [6.45, 7) is -0.412. The summed E-state index contributed by atoms with van der Waals surface area (Å²) in [6, 6.07) is 17.5. The predicted molar refractivity (Wildman–Crippen MR) is 100 cm³/mol. The fraction of sp³-hybridized carbons (Fsp3) is 0.143. The van der Waals surface area contributed by atoms with Crippen LogP contribution < -0.4 is 10.1 Å². The van der Waals surface area contributed by atoms with Crippen LogP contribution in [-0.4, -0.2) is 25.6 Å². The summed E-state index contributed by atoms with van der Waals surface area (Å²) >= 11 is 0. The first kappa shape index (κ1) is 18.4. The number of ether oxygens (including phenoxy) is 2. The quantitative estimate of drug-likeness (QED) is 0.675. The molecule has 0 spiro atoms. The lowest BCUT2D eigenvalue weighted by atomic mass is 10.1. The zero-order valence-electron chi connectivity index (χ0n) is 14.7. The topological polar surface area (TPSA) is 64.6 Å². The van der Waals surface area contributed by atoms with Gasteiger partial charge < -0.3 is 14.8 Å². The number of rotatable bonds is 6. The Balaban J connectivity index is 1.52. The maximum absolute atomic E-state index is 13.6. The molecule has 0 aliphatic rings. The Bertz CT molecular complexity index is 987. The van der Waals surface area contributed by atoms with Crippen molar-refractivity contribution in [3.63, 3.8) is 0 Å². The highest BCUT2D eigenvalue weighted by atomic mass is 19.1. The summed E-state index contributed by atoms with van der Waals surface area (Å²) in [5, 5.41) is 4.74. The minimum atomic E-state index is -0.617. The van der Waals surface area contributed by atoms with Gasteiger partial charge in [-0.1, -0.05) is 36.4 Å². The first-order chi connectivity index (χ1) is 13.0. The Kier molecular flexibility index (Phi) is 5.66. The van der Waals surface area contributed by atoms with Crippen LogP contribution in [0.25, 0.3) is 10.8 Å². The van der Waals surface area contributed by atoms with Gasteiger partial charge in [0.15, 0.2) is 18.2 Å². The van der Waals surface area contributed by atoms with Crippen LogP contribution >= 0.6 is 0 Å². The maximum atomic E-state index is 13.6. The van der Waals surface area contributed by atoms with Crippen molar-refractivity contribution in [2.45, 2.75) is 6.42 Å².